The van der Waals surface area contributed by atoms with E-state index in [-0.39, 0.29) is 16.7 Å². The van der Waals surface area contributed by atoms with E-state index in [1.165, 1.54) is 16.3 Å². The number of amides is 1. The van der Waals surface area contributed by atoms with Crippen LogP contribution in [-0.2, 0) is 18.3 Å². The van der Waals surface area contributed by atoms with Gasteiger partial charge in [0.2, 0.25) is 5.91 Å². The van der Waals surface area contributed by atoms with Gasteiger partial charge in [-0.3, -0.25) is 14.2 Å². The topological polar surface area (TPSA) is 64.0 Å². The second kappa shape index (κ2) is 8.61. The van der Waals surface area contributed by atoms with Gasteiger partial charge in [-0.1, -0.05) is 55.9 Å². The van der Waals surface area contributed by atoms with Gasteiger partial charge in [-0.25, -0.2) is 4.98 Å². The summed E-state index contributed by atoms with van der Waals surface area (Å²) in [5, 5.41) is 3.88. The summed E-state index contributed by atoms with van der Waals surface area (Å²) < 4.78 is 1.52. The summed E-state index contributed by atoms with van der Waals surface area (Å²) in [6, 6.07) is 13.3. The van der Waals surface area contributed by atoms with Gasteiger partial charge in [0.25, 0.3) is 5.56 Å². The maximum Gasteiger partial charge on any atom is 0.261 e. The van der Waals surface area contributed by atoms with Crippen LogP contribution in [0.1, 0.15) is 31.4 Å². The summed E-state index contributed by atoms with van der Waals surface area (Å²) in [6.07, 6.45) is 1.48. The largest absolute Gasteiger partial charge is 0.325 e. The molecule has 0 aliphatic heterocycles. The molecule has 0 saturated carbocycles. The number of nitrogens with one attached hydrogen (secondary N) is 1. The predicted octanol–water partition coefficient (Wildman–Crippen LogP) is 4.31. The standard InChI is InChI=1S/C22H25N3O2S/c1-5-15-11-9-10-14(3)19(15)24-20(26)18(6-2)28-22-23-17-13-8-7-12-16(17)21(27)25(22)4/h7-13,18H,5-6H2,1-4H3,(H,24,26). The van der Waals surface area contributed by atoms with Gasteiger partial charge in [-0.2, -0.15) is 0 Å². The SMILES string of the molecule is CCc1cccc(C)c1NC(=O)C(CC)Sc1nc2ccccc2c(=O)n1C. The predicted molar refractivity (Wildman–Crippen MR) is 116 cm³/mol. The number of nitrogens with zero attached hydrogens (tertiary/aromatic N) is 2. The van der Waals surface area contributed by atoms with Gasteiger partial charge in [0, 0.05) is 12.7 Å². The second-order valence-electron chi connectivity index (χ2n) is 6.74. The lowest BCUT2D eigenvalue weighted by Crippen LogP contribution is -2.27. The highest BCUT2D eigenvalue weighted by atomic mass is 32.2. The Labute approximate surface area is 169 Å². The van der Waals surface area contributed by atoms with Crippen LogP contribution in [0.25, 0.3) is 10.9 Å². The number of hydrogen-bond donors (Lipinski definition) is 1. The van der Waals surface area contributed by atoms with Crippen LogP contribution in [-0.4, -0.2) is 20.7 Å². The van der Waals surface area contributed by atoms with E-state index in [2.05, 4.69) is 17.2 Å². The minimum Gasteiger partial charge on any atom is -0.325 e. The van der Waals surface area contributed by atoms with E-state index >= 15 is 0 Å². The molecule has 1 atom stereocenters. The molecule has 0 radical (unpaired) electrons. The number of thioether (sulfide) groups is 1. The molecule has 0 saturated heterocycles. The van der Waals surface area contributed by atoms with Gasteiger partial charge >= 0.3 is 0 Å². The Morgan fingerprint density at radius 2 is 1.93 bits per heavy atom. The normalized spacial score (nSPS) is 12.1. The summed E-state index contributed by atoms with van der Waals surface area (Å²) in [7, 11) is 1.70. The van der Waals surface area contributed by atoms with Crippen LogP contribution in [0.15, 0.2) is 52.4 Å². The summed E-state index contributed by atoms with van der Waals surface area (Å²) >= 11 is 1.33. The van der Waals surface area contributed by atoms with Crippen molar-refractivity contribution in [2.75, 3.05) is 5.32 Å². The Morgan fingerprint density at radius 3 is 2.64 bits per heavy atom. The fourth-order valence-corrected chi connectivity index (χ4v) is 4.14. The molecule has 1 amide bonds. The van der Waals surface area contributed by atoms with Crippen LogP contribution in [0, 0.1) is 6.92 Å². The van der Waals surface area contributed by atoms with Crippen molar-refractivity contribution in [1.29, 1.82) is 0 Å². The molecule has 0 fully saturated rings. The molecule has 0 aliphatic carbocycles. The Kier molecular flexibility index (Phi) is 6.19. The third-order valence-electron chi connectivity index (χ3n) is 4.84. The lowest BCUT2D eigenvalue weighted by molar-refractivity contribution is -0.115. The molecule has 1 aromatic heterocycles. The monoisotopic (exact) mass is 395 g/mol. The molecule has 6 heteroatoms. The molecule has 2 aromatic carbocycles. The zero-order valence-corrected chi connectivity index (χ0v) is 17.5. The first kappa shape index (κ1) is 20.1. The zero-order chi connectivity index (χ0) is 20.3. The molecular formula is C22H25N3O2S. The van der Waals surface area contributed by atoms with Gasteiger partial charge in [0.15, 0.2) is 5.16 Å². The van der Waals surface area contributed by atoms with Crippen LogP contribution in [0.2, 0.25) is 0 Å². The van der Waals surface area contributed by atoms with Crippen molar-refractivity contribution >= 4 is 34.3 Å². The number of fused-ring (bicyclic) bond motifs is 1. The fourth-order valence-electron chi connectivity index (χ4n) is 3.16. The lowest BCUT2D eigenvalue weighted by atomic mass is 10.1. The van der Waals surface area contributed by atoms with Gasteiger partial charge in [-0.05, 0) is 43.0 Å². The highest BCUT2D eigenvalue weighted by Gasteiger charge is 2.22. The van der Waals surface area contributed by atoms with E-state index in [4.69, 9.17) is 0 Å². The summed E-state index contributed by atoms with van der Waals surface area (Å²) in [5.74, 6) is -0.0705. The van der Waals surface area contributed by atoms with Gasteiger partial charge in [0.05, 0.1) is 16.2 Å². The number of rotatable bonds is 6. The Balaban J connectivity index is 1.89. The number of benzene rings is 2. The first-order valence-corrected chi connectivity index (χ1v) is 10.4. The summed E-state index contributed by atoms with van der Waals surface area (Å²) in [6.45, 7) is 6.04. The van der Waals surface area contributed by atoms with Crippen molar-refractivity contribution in [3.8, 4) is 0 Å². The molecule has 3 rings (SSSR count). The van der Waals surface area contributed by atoms with Crippen molar-refractivity contribution in [2.45, 2.75) is 44.0 Å². The molecule has 1 unspecified atom stereocenters. The number of hydrogen-bond acceptors (Lipinski definition) is 4. The smallest absolute Gasteiger partial charge is 0.261 e. The van der Waals surface area contributed by atoms with E-state index in [0.717, 1.165) is 23.2 Å². The number of carbonyl (C=O) groups excluding carboxylic acids is 1. The number of aryl methyl sites for hydroxylation is 2. The van der Waals surface area contributed by atoms with E-state index < -0.39 is 0 Å². The zero-order valence-electron chi connectivity index (χ0n) is 16.7. The number of aromatic nitrogens is 2. The number of para-hydroxylation sites is 2. The minimum atomic E-state index is -0.344. The third kappa shape index (κ3) is 3.97. The van der Waals surface area contributed by atoms with E-state index in [0.29, 0.717) is 22.5 Å². The maximum atomic E-state index is 13.0. The van der Waals surface area contributed by atoms with E-state index in [1.807, 2.05) is 50.2 Å². The van der Waals surface area contributed by atoms with Crippen LogP contribution < -0.4 is 10.9 Å². The number of anilines is 1. The van der Waals surface area contributed by atoms with E-state index in [9.17, 15) is 9.59 Å². The first-order chi connectivity index (χ1) is 13.5. The third-order valence-corrected chi connectivity index (χ3v) is 6.25. The fraction of sp³-hybridized carbons (Fsp3) is 0.318. The molecule has 5 nitrogen and oxygen atoms in total. The second-order valence-corrected chi connectivity index (χ2v) is 7.91. The van der Waals surface area contributed by atoms with Crippen molar-refractivity contribution in [3.05, 3.63) is 63.9 Å². The average Bonchev–Trinajstić information content (AvgIpc) is 2.71. The molecule has 1 N–H and O–H groups in total. The van der Waals surface area contributed by atoms with Gasteiger partial charge in [-0.15, -0.1) is 0 Å². The Morgan fingerprint density at radius 1 is 1.18 bits per heavy atom. The van der Waals surface area contributed by atoms with Crippen molar-refractivity contribution < 1.29 is 4.79 Å². The molecule has 0 bridgehead atoms. The number of carbonyl (C=O) groups is 1. The summed E-state index contributed by atoms with van der Waals surface area (Å²) in [5.41, 5.74) is 3.59. The van der Waals surface area contributed by atoms with Crippen molar-refractivity contribution in [3.63, 3.8) is 0 Å². The highest BCUT2D eigenvalue weighted by Crippen LogP contribution is 2.27. The highest BCUT2D eigenvalue weighted by molar-refractivity contribution is 8.00. The van der Waals surface area contributed by atoms with Crippen LogP contribution in [0.5, 0.6) is 0 Å². The average molecular weight is 396 g/mol. The molecule has 146 valence electrons. The first-order valence-electron chi connectivity index (χ1n) is 9.48. The molecule has 28 heavy (non-hydrogen) atoms. The van der Waals surface area contributed by atoms with Gasteiger partial charge in [0.1, 0.15) is 0 Å². The Hall–Kier alpha value is -2.60. The van der Waals surface area contributed by atoms with Crippen molar-refractivity contribution in [1.82, 2.24) is 9.55 Å². The van der Waals surface area contributed by atoms with Crippen LogP contribution >= 0.6 is 11.8 Å². The van der Waals surface area contributed by atoms with Crippen LogP contribution in [0.3, 0.4) is 0 Å². The maximum absolute atomic E-state index is 13.0. The van der Waals surface area contributed by atoms with Crippen molar-refractivity contribution in [2.24, 2.45) is 7.05 Å². The quantitative estimate of drug-likeness (QED) is 0.499. The molecule has 1 heterocycles. The molecule has 0 aliphatic rings. The Bertz CT molecular complexity index is 1080. The minimum absolute atomic E-state index is 0.0705. The lowest BCUT2D eigenvalue weighted by Gasteiger charge is -2.18. The molecule has 3 aromatic rings. The summed E-state index contributed by atoms with van der Waals surface area (Å²) in [4.78, 5) is 30.2. The molecule has 0 spiro atoms. The molecular weight excluding hydrogens is 370 g/mol. The van der Waals surface area contributed by atoms with E-state index in [1.54, 1.807) is 13.1 Å². The van der Waals surface area contributed by atoms with Crippen LogP contribution in [0.4, 0.5) is 5.69 Å². The van der Waals surface area contributed by atoms with Gasteiger partial charge < -0.3 is 5.32 Å².